The summed E-state index contributed by atoms with van der Waals surface area (Å²) < 4.78 is 5.23. The second kappa shape index (κ2) is 17.4. The molecule has 0 atom stereocenters. The van der Waals surface area contributed by atoms with Crippen LogP contribution in [0.2, 0.25) is 0 Å². The Balaban J connectivity index is 0.00000119. The number of benzene rings is 1. The van der Waals surface area contributed by atoms with Crippen molar-refractivity contribution in [1.29, 1.82) is 0 Å². The maximum Gasteiger partial charge on any atom is 0.311 e. The zero-order valence-corrected chi connectivity index (χ0v) is 17.1. The summed E-state index contributed by atoms with van der Waals surface area (Å²) in [6.07, 6.45) is 12.2. The van der Waals surface area contributed by atoms with Crippen LogP contribution in [0.15, 0.2) is 24.3 Å². The van der Waals surface area contributed by atoms with Crippen LogP contribution in [-0.4, -0.2) is 17.4 Å². The Labute approximate surface area is 168 Å². The van der Waals surface area contributed by atoms with Crippen molar-refractivity contribution >= 4 is 29.6 Å². The van der Waals surface area contributed by atoms with E-state index in [9.17, 15) is 9.59 Å². The summed E-state index contributed by atoms with van der Waals surface area (Å²) in [5.74, 6) is 4.89. The van der Waals surface area contributed by atoms with Crippen molar-refractivity contribution in [1.82, 2.24) is 5.43 Å². The number of carbonyl (C=O) groups is 2. The van der Waals surface area contributed by atoms with Crippen molar-refractivity contribution in [2.45, 2.75) is 71.1 Å². The van der Waals surface area contributed by atoms with E-state index >= 15 is 0 Å². The molecule has 1 rings (SSSR count). The van der Waals surface area contributed by atoms with Gasteiger partial charge in [-0.05, 0) is 30.8 Å². The molecule has 0 bridgehead atoms. The summed E-state index contributed by atoms with van der Waals surface area (Å²) in [7, 11) is 0. The third-order valence-corrected chi connectivity index (χ3v) is 3.97. The minimum Gasteiger partial charge on any atom is -0.427 e. The smallest absolute Gasteiger partial charge is 0.311 e. The van der Waals surface area contributed by atoms with E-state index in [0.717, 1.165) is 19.1 Å². The molecule has 0 saturated carbocycles. The monoisotopic (exact) mass is 395 g/mol. The average molecular weight is 396 g/mol. The Bertz CT molecular complexity index is 553. The van der Waals surface area contributed by atoms with Crippen LogP contribution in [0.4, 0.5) is 0 Å². The molecule has 0 fully saturated rings. The summed E-state index contributed by atoms with van der Waals surface area (Å²) in [4.78, 5) is 22.4. The van der Waals surface area contributed by atoms with Gasteiger partial charge in [-0.2, -0.15) is 0 Å². The minimum atomic E-state index is -0.217. The first kappa shape index (κ1) is 25.0. The number of hydrogen-bond donors (Lipinski definition) is 3. The summed E-state index contributed by atoms with van der Waals surface area (Å²) in [6, 6.07) is 6.68. The Morgan fingerprint density at radius 3 is 2.19 bits per heavy atom. The quantitative estimate of drug-likeness (QED) is 0.0933. The molecule has 0 spiro atoms. The number of nitrogens with two attached hydrogens (primary N) is 2. The van der Waals surface area contributed by atoms with Gasteiger partial charge < -0.3 is 15.9 Å². The van der Waals surface area contributed by atoms with E-state index in [4.69, 9.17) is 10.5 Å². The molecule has 5 N–H and O–H groups in total. The molecule has 0 amide bonds. The van der Waals surface area contributed by atoms with Gasteiger partial charge in [0.1, 0.15) is 12.0 Å². The van der Waals surface area contributed by atoms with E-state index in [-0.39, 0.29) is 11.1 Å². The lowest BCUT2D eigenvalue weighted by Crippen LogP contribution is -2.34. The molecule has 152 valence electrons. The Hall–Kier alpha value is -1.99. The fraction of sp³-hybridized carbons (Fsp3) is 0.550. The van der Waals surface area contributed by atoms with Gasteiger partial charge in [0.15, 0.2) is 5.11 Å². The molecule has 0 saturated heterocycles. The molecule has 7 heteroatoms. The standard InChI is InChI=1S/C19H28O3.CH5N3S/c1-2-3-4-5-6-7-8-9-10-14-19(21)22-18-13-11-12-17(15-18)16-20;2-1(5)4-3/h11-13,15-16H,2-10,14H2,1H3;3H2,(H3,2,4,5). The maximum atomic E-state index is 11.7. The van der Waals surface area contributed by atoms with Crippen LogP contribution in [0, 0.1) is 0 Å². The predicted molar refractivity (Wildman–Crippen MR) is 113 cm³/mol. The molecule has 27 heavy (non-hydrogen) atoms. The summed E-state index contributed by atoms with van der Waals surface area (Å²) in [5, 5.41) is 0.116. The topological polar surface area (TPSA) is 107 Å². The number of unbranched alkanes of at least 4 members (excludes halogenated alkanes) is 8. The highest BCUT2D eigenvalue weighted by Crippen LogP contribution is 2.14. The van der Waals surface area contributed by atoms with Crippen LogP contribution in [0.1, 0.15) is 81.5 Å². The third-order valence-electron chi connectivity index (χ3n) is 3.85. The zero-order valence-electron chi connectivity index (χ0n) is 16.2. The number of nitrogens with one attached hydrogen (secondary N) is 1. The minimum absolute atomic E-state index is 0.116. The molecule has 6 nitrogen and oxygen atoms in total. The summed E-state index contributed by atoms with van der Waals surface area (Å²) in [6.45, 7) is 2.23. The van der Waals surface area contributed by atoms with E-state index in [2.05, 4.69) is 25.0 Å². The van der Waals surface area contributed by atoms with Crippen molar-refractivity contribution in [2.24, 2.45) is 11.6 Å². The highest BCUT2D eigenvalue weighted by atomic mass is 32.1. The zero-order chi connectivity index (χ0) is 20.3. The van der Waals surface area contributed by atoms with Gasteiger partial charge in [0, 0.05) is 12.0 Å². The van der Waals surface area contributed by atoms with Crippen molar-refractivity contribution in [2.75, 3.05) is 0 Å². The van der Waals surface area contributed by atoms with Gasteiger partial charge in [0.25, 0.3) is 0 Å². The van der Waals surface area contributed by atoms with Crippen molar-refractivity contribution < 1.29 is 14.3 Å². The first-order valence-electron chi connectivity index (χ1n) is 9.55. The average Bonchev–Trinajstić information content (AvgIpc) is 2.67. The lowest BCUT2D eigenvalue weighted by molar-refractivity contribution is -0.134. The van der Waals surface area contributed by atoms with Gasteiger partial charge in [-0.25, -0.2) is 5.84 Å². The van der Waals surface area contributed by atoms with Crippen LogP contribution >= 0.6 is 12.2 Å². The SMILES string of the molecule is CCCCCCCCCCCC(=O)Oc1cccc(C=O)c1.NNC(N)=S. The molecule has 0 aromatic heterocycles. The number of carbonyl (C=O) groups excluding carboxylic acids is 2. The van der Waals surface area contributed by atoms with Crippen LogP contribution in [0.3, 0.4) is 0 Å². The van der Waals surface area contributed by atoms with Crippen LogP contribution in [0.5, 0.6) is 5.75 Å². The molecule has 1 aromatic rings. The van der Waals surface area contributed by atoms with Gasteiger partial charge in [0.2, 0.25) is 0 Å². The Kier molecular flexibility index (Phi) is 16.1. The number of ether oxygens (including phenoxy) is 1. The second-order valence-corrected chi connectivity index (χ2v) is 6.69. The van der Waals surface area contributed by atoms with E-state index in [1.807, 2.05) is 5.43 Å². The van der Waals surface area contributed by atoms with Crippen molar-refractivity contribution in [3.8, 4) is 5.75 Å². The van der Waals surface area contributed by atoms with Crippen LogP contribution in [-0.2, 0) is 4.79 Å². The predicted octanol–water partition coefficient (Wildman–Crippen LogP) is 4.02. The molecular formula is C20H33N3O3S. The molecule has 0 radical (unpaired) electrons. The fourth-order valence-electron chi connectivity index (χ4n) is 2.41. The first-order valence-corrected chi connectivity index (χ1v) is 9.96. The third kappa shape index (κ3) is 15.9. The Morgan fingerprint density at radius 2 is 1.67 bits per heavy atom. The van der Waals surface area contributed by atoms with E-state index in [0.29, 0.717) is 17.7 Å². The largest absolute Gasteiger partial charge is 0.427 e. The van der Waals surface area contributed by atoms with Crippen molar-refractivity contribution in [3.63, 3.8) is 0 Å². The molecule has 1 aromatic carbocycles. The highest BCUT2D eigenvalue weighted by Gasteiger charge is 2.05. The van der Waals surface area contributed by atoms with Crippen LogP contribution < -0.4 is 21.7 Å². The van der Waals surface area contributed by atoms with E-state index in [1.165, 1.54) is 44.9 Å². The number of aldehydes is 1. The number of hydrogen-bond acceptors (Lipinski definition) is 5. The van der Waals surface area contributed by atoms with E-state index < -0.39 is 0 Å². The maximum absolute atomic E-state index is 11.7. The lowest BCUT2D eigenvalue weighted by Gasteiger charge is -2.05. The molecule has 0 aliphatic carbocycles. The molecular weight excluding hydrogens is 362 g/mol. The number of hydrazine groups is 1. The van der Waals surface area contributed by atoms with E-state index in [1.54, 1.807) is 24.3 Å². The van der Waals surface area contributed by atoms with Gasteiger partial charge in [-0.1, -0.05) is 70.4 Å². The fourth-order valence-corrected chi connectivity index (χ4v) is 2.41. The normalized spacial score (nSPS) is 9.70. The highest BCUT2D eigenvalue weighted by molar-refractivity contribution is 7.80. The molecule has 0 unspecified atom stereocenters. The number of rotatable bonds is 12. The first-order chi connectivity index (χ1) is 13.0. The summed E-state index contributed by atoms with van der Waals surface area (Å²) in [5.41, 5.74) is 7.35. The Morgan fingerprint density at radius 1 is 1.11 bits per heavy atom. The molecule has 0 heterocycles. The van der Waals surface area contributed by atoms with Gasteiger partial charge in [-0.15, -0.1) is 0 Å². The molecule has 0 aliphatic heterocycles. The van der Waals surface area contributed by atoms with Gasteiger partial charge >= 0.3 is 5.97 Å². The van der Waals surface area contributed by atoms with Gasteiger partial charge in [0.05, 0.1) is 0 Å². The lowest BCUT2D eigenvalue weighted by atomic mass is 10.1. The number of thiocarbonyl (C=S) groups is 1. The van der Waals surface area contributed by atoms with Gasteiger partial charge in [-0.3, -0.25) is 9.59 Å². The number of esters is 1. The summed E-state index contributed by atoms with van der Waals surface area (Å²) >= 11 is 4.24. The second-order valence-electron chi connectivity index (χ2n) is 6.25. The van der Waals surface area contributed by atoms with Crippen molar-refractivity contribution in [3.05, 3.63) is 29.8 Å². The molecule has 0 aliphatic rings. The van der Waals surface area contributed by atoms with Crippen LogP contribution in [0.25, 0.3) is 0 Å².